The predicted octanol–water partition coefficient (Wildman–Crippen LogP) is 2.71. The number of aromatic nitrogens is 2. The van der Waals surface area contributed by atoms with Gasteiger partial charge in [-0.2, -0.15) is 0 Å². The zero-order valence-electron chi connectivity index (χ0n) is 18.2. The molecular formula is C22H25FN3O6P. The topological polar surface area (TPSA) is 131 Å². The maximum atomic E-state index is 13.1. The Labute approximate surface area is 189 Å². The summed E-state index contributed by atoms with van der Waals surface area (Å²) in [6, 6.07) is 7.68. The molecule has 2 aromatic heterocycles. The summed E-state index contributed by atoms with van der Waals surface area (Å²) in [7, 11) is -2.25. The molecule has 3 rings (SSSR count). The molecule has 0 spiro atoms. The zero-order chi connectivity index (χ0) is 24.2. The summed E-state index contributed by atoms with van der Waals surface area (Å²) >= 11 is 0. The number of benzene rings is 1. The molecule has 0 aliphatic carbocycles. The van der Waals surface area contributed by atoms with Crippen molar-refractivity contribution in [3.05, 3.63) is 69.4 Å². The second-order valence-corrected chi connectivity index (χ2v) is 9.47. The molecule has 3 N–H and O–H groups in total. The van der Waals surface area contributed by atoms with Crippen molar-refractivity contribution in [1.82, 2.24) is 14.9 Å². The minimum Gasteiger partial charge on any atom is -0.505 e. The minimum absolute atomic E-state index is 0.0150. The number of amides is 1. The van der Waals surface area contributed by atoms with Crippen LogP contribution in [0.1, 0.15) is 34.8 Å². The Morgan fingerprint density at radius 1 is 1.27 bits per heavy atom. The summed E-state index contributed by atoms with van der Waals surface area (Å²) in [4.78, 5) is 39.2. The van der Waals surface area contributed by atoms with Crippen molar-refractivity contribution in [3.63, 3.8) is 0 Å². The number of aromatic hydroxyl groups is 1. The van der Waals surface area contributed by atoms with Gasteiger partial charge in [0.2, 0.25) is 0 Å². The van der Waals surface area contributed by atoms with Gasteiger partial charge in [0.15, 0.2) is 5.75 Å². The number of rotatable bonds is 9. The van der Waals surface area contributed by atoms with Crippen molar-refractivity contribution >= 4 is 24.5 Å². The number of halogens is 1. The van der Waals surface area contributed by atoms with E-state index in [0.29, 0.717) is 11.9 Å². The molecule has 0 fully saturated rings. The maximum Gasteiger partial charge on any atom is 0.328 e. The van der Waals surface area contributed by atoms with Gasteiger partial charge < -0.3 is 24.4 Å². The van der Waals surface area contributed by atoms with Crippen molar-refractivity contribution in [2.75, 3.05) is 19.3 Å². The molecule has 0 saturated heterocycles. The molecule has 0 aliphatic rings. The summed E-state index contributed by atoms with van der Waals surface area (Å²) in [5, 5.41) is 13.1. The van der Waals surface area contributed by atoms with Gasteiger partial charge in [-0.05, 0) is 49.1 Å². The lowest BCUT2D eigenvalue weighted by Crippen LogP contribution is -2.33. The highest BCUT2D eigenvalue weighted by molar-refractivity contribution is 7.52. The Morgan fingerprint density at radius 2 is 1.97 bits per heavy atom. The minimum atomic E-state index is -3.71. The number of carbonyl (C=O) groups excluding carboxylic acids is 1. The van der Waals surface area contributed by atoms with Crippen LogP contribution >= 0.6 is 7.60 Å². The summed E-state index contributed by atoms with van der Waals surface area (Å²) in [6.07, 6.45) is 1.96. The number of fused-ring (bicyclic) bond motifs is 1. The third kappa shape index (κ3) is 5.84. The Hall–Kier alpha value is -3.07. The average Bonchev–Trinajstić information content (AvgIpc) is 2.77. The number of nitrogens with one attached hydrogen (secondary N) is 1. The first-order chi connectivity index (χ1) is 15.6. The molecule has 0 bridgehead atoms. The van der Waals surface area contributed by atoms with Crippen LogP contribution in [0.2, 0.25) is 0 Å². The fraction of sp³-hybridized carbons (Fsp3) is 0.318. The maximum absolute atomic E-state index is 13.1. The zero-order valence-corrected chi connectivity index (χ0v) is 19.1. The molecule has 0 aliphatic heterocycles. The highest BCUT2D eigenvalue weighted by Crippen LogP contribution is 2.41. The largest absolute Gasteiger partial charge is 0.505 e. The van der Waals surface area contributed by atoms with E-state index in [1.165, 1.54) is 29.9 Å². The lowest BCUT2D eigenvalue weighted by atomic mass is 10.1. The molecular weight excluding hydrogens is 452 g/mol. The van der Waals surface area contributed by atoms with Gasteiger partial charge in [-0.15, -0.1) is 0 Å². The molecule has 1 atom stereocenters. The van der Waals surface area contributed by atoms with Crippen LogP contribution in [0.25, 0.3) is 11.0 Å². The average molecular weight is 477 g/mol. The summed E-state index contributed by atoms with van der Waals surface area (Å²) in [5.74, 6) is -1.69. The first-order valence-corrected chi connectivity index (χ1v) is 12.1. The van der Waals surface area contributed by atoms with Gasteiger partial charge in [-0.3, -0.25) is 19.1 Å². The molecule has 9 nitrogen and oxygen atoms in total. The second-order valence-electron chi connectivity index (χ2n) is 7.49. The Kier molecular flexibility index (Phi) is 7.63. The van der Waals surface area contributed by atoms with Crippen molar-refractivity contribution in [3.8, 4) is 5.75 Å². The fourth-order valence-electron chi connectivity index (χ4n) is 3.40. The molecule has 1 amide bonds. The van der Waals surface area contributed by atoms with E-state index in [0.717, 1.165) is 11.1 Å². The first kappa shape index (κ1) is 24.6. The van der Waals surface area contributed by atoms with E-state index in [2.05, 4.69) is 10.3 Å². The van der Waals surface area contributed by atoms with Crippen molar-refractivity contribution in [2.45, 2.75) is 19.8 Å². The van der Waals surface area contributed by atoms with Crippen LogP contribution < -0.4 is 10.9 Å². The second kappa shape index (κ2) is 10.2. The highest BCUT2D eigenvalue weighted by atomic mass is 31.2. The molecule has 1 aromatic carbocycles. The molecule has 3 aromatic rings. The standard InChI is InChI=1S/C22H25FN3O6P/c1-3-32-33(30,31)10-4-9-24-21(28)18-20(27)19-17(26(2)22(18)29)12-15(13-25-19)11-14-5-7-16(23)8-6-14/h5-8,12-13,27H,3-4,9-11H2,1-2H3,(H,24,28)(H,30,31). The smallest absolute Gasteiger partial charge is 0.328 e. The van der Waals surface area contributed by atoms with Gasteiger partial charge in [-0.25, -0.2) is 4.39 Å². The Morgan fingerprint density at radius 3 is 2.64 bits per heavy atom. The summed E-state index contributed by atoms with van der Waals surface area (Å²) in [5.41, 5.74) is 0.844. The molecule has 33 heavy (non-hydrogen) atoms. The van der Waals surface area contributed by atoms with Gasteiger partial charge in [0.25, 0.3) is 11.5 Å². The molecule has 1 unspecified atom stereocenters. The number of hydrogen-bond donors (Lipinski definition) is 3. The van der Waals surface area contributed by atoms with Crippen LogP contribution in [0.4, 0.5) is 4.39 Å². The third-order valence-electron chi connectivity index (χ3n) is 5.05. The highest BCUT2D eigenvalue weighted by Gasteiger charge is 2.23. The van der Waals surface area contributed by atoms with Crippen LogP contribution in [-0.4, -0.2) is 44.8 Å². The third-order valence-corrected chi connectivity index (χ3v) is 6.59. The molecule has 0 radical (unpaired) electrons. The van der Waals surface area contributed by atoms with Crippen molar-refractivity contribution in [2.24, 2.45) is 7.05 Å². The predicted molar refractivity (Wildman–Crippen MR) is 121 cm³/mol. The molecule has 176 valence electrons. The van der Waals surface area contributed by atoms with Crippen LogP contribution in [-0.2, 0) is 22.6 Å². The van der Waals surface area contributed by atoms with E-state index >= 15 is 0 Å². The summed E-state index contributed by atoms with van der Waals surface area (Å²) < 4.78 is 30.8. The number of aryl methyl sites for hydroxylation is 1. The molecule has 2 heterocycles. The van der Waals surface area contributed by atoms with Gasteiger partial charge in [0, 0.05) is 19.8 Å². The Balaban J connectivity index is 1.81. The van der Waals surface area contributed by atoms with E-state index < -0.39 is 30.4 Å². The van der Waals surface area contributed by atoms with Gasteiger partial charge in [0.05, 0.1) is 18.3 Å². The fourth-order valence-corrected chi connectivity index (χ4v) is 4.49. The Bertz CT molecular complexity index is 1280. The van der Waals surface area contributed by atoms with Crippen LogP contribution in [0.5, 0.6) is 5.75 Å². The van der Waals surface area contributed by atoms with E-state index in [9.17, 15) is 28.5 Å². The lowest BCUT2D eigenvalue weighted by molar-refractivity contribution is 0.0948. The van der Waals surface area contributed by atoms with Gasteiger partial charge >= 0.3 is 7.60 Å². The van der Waals surface area contributed by atoms with E-state index in [4.69, 9.17) is 4.52 Å². The number of nitrogens with zero attached hydrogens (tertiary/aromatic N) is 2. The van der Waals surface area contributed by atoms with Gasteiger partial charge in [-0.1, -0.05) is 12.1 Å². The van der Waals surface area contributed by atoms with Gasteiger partial charge in [0.1, 0.15) is 16.9 Å². The van der Waals surface area contributed by atoms with Crippen LogP contribution in [0.15, 0.2) is 41.3 Å². The van der Waals surface area contributed by atoms with E-state index in [1.54, 1.807) is 25.1 Å². The molecule has 0 saturated carbocycles. The monoisotopic (exact) mass is 477 g/mol. The summed E-state index contributed by atoms with van der Waals surface area (Å²) in [6.45, 7) is 1.71. The van der Waals surface area contributed by atoms with Crippen LogP contribution in [0.3, 0.4) is 0 Å². The van der Waals surface area contributed by atoms with E-state index in [1.807, 2.05) is 0 Å². The van der Waals surface area contributed by atoms with Crippen LogP contribution in [0, 0.1) is 5.82 Å². The number of hydrogen-bond acceptors (Lipinski definition) is 6. The quantitative estimate of drug-likeness (QED) is 0.319. The number of pyridine rings is 2. The molecule has 11 heteroatoms. The van der Waals surface area contributed by atoms with Crippen molar-refractivity contribution in [1.29, 1.82) is 0 Å². The normalized spacial score (nSPS) is 13.1. The lowest BCUT2D eigenvalue weighted by Gasteiger charge is -2.13. The van der Waals surface area contributed by atoms with Crippen molar-refractivity contribution < 1.29 is 28.3 Å². The first-order valence-electron chi connectivity index (χ1n) is 10.3. The number of carbonyl (C=O) groups is 1. The SMILES string of the molecule is CCOP(=O)(O)CCCNC(=O)c1c(O)c2ncc(Cc3ccc(F)cc3)cc2n(C)c1=O. The van der Waals surface area contributed by atoms with E-state index in [-0.39, 0.29) is 37.1 Å².